The van der Waals surface area contributed by atoms with Crippen molar-refractivity contribution in [2.75, 3.05) is 6.61 Å². The zero-order valence-corrected chi connectivity index (χ0v) is 18.0. The lowest BCUT2D eigenvalue weighted by molar-refractivity contribution is -0.228. The van der Waals surface area contributed by atoms with E-state index in [1.54, 1.807) is 0 Å². The van der Waals surface area contributed by atoms with Gasteiger partial charge in [0.1, 0.15) is 17.7 Å². The zero-order chi connectivity index (χ0) is 23.5. The number of carbonyl (C=O) groups excluding carboxylic acids is 3. The van der Waals surface area contributed by atoms with Crippen molar-refractivity contribution in [3.05, 3.63) is 12.2 Å². The molecule has 1 aliphatic carbocycles. The van der Waals surface area contributed by atoms with Crippen molar-refractivity contribution in [3.8, 4) is 0 Å². The second-order valence-electron chi connectivity index (χ2n) is 8.70. The molecule has 0 saturated carbocycles. The molecule has 0 aromatic carbocycles. The van der Waals surface area contributed by atoms with E-state index >= 15 is 0 Å². The Balaban J connectivity index is 1.76. The molecule has 180 valence electrons. The third-order valence-corrected chi connectivity index (χ3v) is 6.60. The van der Waals surface area contributed by atoms with Crippen molar-refractivity contribution in [1.82, 2.24) is 10.8 Å². The summed E-state index contributed by atoms with van der Waals surface area (Å²) in [4.78, 5) is 41.5. The monoisotopic (exact) mass is 462 g/mol. The standard InChI is InChI=1S/C21H29F3N2O6/c1-3-5-13-15(8-7-12-14(21(22,23)24)10-17(28)31-18(12)13)32-26-19(29)20(2,25-11-27)16-6-4-9-30-16/h7-8,11-16,18H,3-6,9-10H2,1-2H3,(H,25,27)(H,26,29). The molecule has 0 radical (unpaired) electrons. The average Bonchev–Trinajstić information content (AvgIpc) is 3.27. The molecule has 2 fully saturated rings. The van der Waals surface area contributed by atoms with Gasteiger partial charge in [-0.2, -0.15) is 13.2 Å². The van der Waals surface area contributed by atoms with E-state index in [9.17, 15) is 27.6 Å². The molecule has 0 spiro atoms. The van der Waals surface area contributed by atoms with Crippen LogP contribution in [0, 0.1) is 17.8 Å². The molecule has 7 atom stereocenters. The third-order valence-electron chi connectivity index (χ3n) is 6.60. The number of hydroxylamine groups is 1. The second-order valence-corrected chi connectivity index (χ2v) is 8.70. The van der Waals surface area contributed by atoms with Gasteiger partial charge in [-0.1, -0.05) is 25.5 Å². The Hall–Kier alpha value is -2.14. The van der Waals surface area contributed by atoms with Crippen LogP contribution in [-0.4, -0.2) is 54.9 Å². The number of rotatable bonds is 8. The van der Waals surface area contributed by atoms with Crippen LogP contribution in [0.4, 0.5) is 13.2 Å². The van der Waals surface area contributed by atoms with E-state index in [1.807, 2.05) is 6.92 Å². The van der Waals surface area contributed by atoms with E-state index in [4.69, 9.17) is 14.3 Å². The first-order valence-electron chi connectivity index (χ1n) is 10.8. The van der Waals surface area contributed by atoms with E-state index in [0.717, 1.165) is 6.42 Å². The van der Waals surface area contributed by atoms with Crippen molar-refractivity contribution >= 4 is 18.3 Å². The summed E-state index contributed by atoms with van der Waals surface area (Å²) < 4.78 is 51.5. The number of alkyl halides is 3. The van der Waals surface area contributed by atoms with Crippen LogP contribution in [0.2, 0.25) is 0 Å². The molecular formula is C21H29F3N2O6. The highest BCUT2D eigenvalue weighted by atomic mass is 19.4. The third kappa shape index (κ3) is 4.93. The number of fused-ring (bicyclic) bond motifs is 1. The number of amides is 2. The minimum atomic E-state index is -4.53. The SMILES string of the molecule is CCCC1C(ONC(=O)C(C)(NC=O)C2CCCO2)C=CC2C1OC(=O)CC2C(F)(F)F. The highest BCUT2D eigenvalue weighted by molar-refractivity contribution is 5.87. The fourth-order valence-corrected chi connectivity index (χ4v) is 4.82. The van der Waals surface area contributed by atoms with Crippen LogP contribution in [-0.2, 0) is 28.7 Å². The summed E-state index contributed by atoms with van der Waals surface area (Å²) in [5, 5.41) is 2.49. The first kappa shape index (κ1) is 24.5. The number of hydrogen-bond acceptors (Lipinski definition) is 6. The minimum absolute atomic E-state index is 0.408. The van der Waals surface area contributed by atoms with Gasteiger partial charge in [0.2, 0.25) is 6.41 Å². The molecule has 2 heterocycles. The maximum absolute atomic E-state index is 13.5. The van der Waals surface area contributed by atoms with E-state index in [0.29, 0.717) is 32.3 Å². The van der Waals surface area contributed by atoms with Crippen LogP contribution < -0.4 is 10.8 Å². The lowest BCUT2D eigenvalue weighted by Gasteiger charge is -2.44. The predicted octanol–water partition coefficient (Wildman–Crippen LogP) is 2.18. The zero-order valence-electron chi connectivity index (χ0n) is 18.0. The Morgan fingerprint density at radius 3 is 2.69 bits per heavy atom. The minimum Gasteiger partial charge on any atom is -0.461 e. The van der Waals surface area contributed by atoms with Crippen molar-refractivity contribution in [2.24, 2.45) is 17.8 Å². The molecule has 2 saturated heterocycles. The summed E-state index contributed by atoms with van der Waals surface area (Å²) in [5.74, 6) is -4.93. The highest BCUT2D eigenvalue weighted by Gasteiger charge is 2.55. The molecule has 2 aliphatic heterocycles. The van der Waals surface area contributed by atoms with Crippen LogP contribution in [0.15, 0.2) is 12.2 Å². The number of carbonyl (C=O) groups is 3. The Morgan fingerprint density at radius 1 is 1.34 bits per heavy atom. The summed E-state index contributed by atoms with van der Waals surface area (Å²) >= 11 is 0. The largest absolute Gasteiger partial charge is 0.461 e. The molecule has 3 rings (SSSR count). The average molecular weight is 462 g/mol. The van der Waals surface area contributed by atoms with Gasteiger partial charge in [0, 0.05) is 18.4 Å². The molecule has 32 heavy (non-hydrogen) atoms. The molecule has 7 unspecified atom stereocenters. The van der Waals surface area contributed by atoms with E-state index in [-0.39, 0.29) is 0 Å². The summed E-state index contributed by atoms with van der Waals surface area (Å²) in [5.41, 5.74) is 0.960. The van der Waals surface area contributed by atoms with Gasteiger partial charge in [-0.05, 0) is 26.2 Å². The number of ether oxygens (including phenoxy) is 2. The first-order valence-corrected chi connectivity index (χ1v) is 10.8. The van der Waals surface area contributed by atoms with Gasteiger partial charge in [-0.25, -0.2) is 5.48 Å². The van der Waals surface area contributed by atoms with Crippen LogP contribution in [0.3, 0.4) is 0 Å². The molecule has 11 heteroatoms. The van der Waals surface area contributed by atoms with Crippen molar-refractivity contribution in [1.29, 1.82) is 0 Å². The van der Waals surface area contributed by atoms with Crippen molar-refractivity contribution < 1.29 is 41.9 Å². The Kier molecular flexibility index (Phi) is 7.49. The van der Waals surface area contributed by atoms with Gasteiger partial charge < -0.3 is 14.8 Å². The van der Waals surface area contributed by atoms with Gasteiger partial charge in [0.15, 0.2) is 0 Å². The summed E-state index contributed by atoms with van der Waals surface area (Å²) in [6.07, 6.45) is -1.98. The van der Waals surface area contributed by atoms with Crippen LogP contribution in [0.25, 0.3) is 0 Å². The van der Waals surface area contributed by atoms with Crippen molar-refractivity contribution in [3.63, 3.8) is 0 Å². The Morgan fingerprint density at radius 2 is 2.09 bits per heavy atom. The number of halogens is 3. The first-order chi connectivity index (χ1) is 15.1. The maximum Gasteiger partial charge on any atom is 0.393 e. The number of nitrogens with one attached hydrogen (secondary N) is 2. The number of hydrogen-bond donors (Lipinski definition) is 2. The molecular weight excluding hydrogens is 433 g/mol. The topological polar surface area (TPSA) is 103 Å². The molecule has 2 N–H and O–H groups in total. The quantitative estimate of drug-likeness (QED) is 0.248. The highest BCUT2D eigenvalue weighted by Crippen LogP contribution is 2.46. The van der Waals surface area contributed by atoms with Crippen LogP contribution in [0.5, 0.6) is 0 Å². The lowest BCUT2D eigenvalue weighted by atomic mass is 9.71. The lowest BCUT2D eigenvalue weighted by Crippen LogP contribution is -2.62. The molecule has 0 bridgehead atoms. The normalized spacial score (nSPS) is 34.2. The molecule has 8 nitrogen and oxygen atoms in total. The van der Waals surface area contributed by atoms with Gasteiger partial charge in [-0.15, -0.1) is 0 Å². The van der Waals surface area contributed by atoms with Crippen LogP contribution >= 0.6 is 0 Å². The summed E-state index contributed by atoms with van der Waals surface area (Å²) in [7, 11) is 0. The molecule has 0 aromatic heterocycles. The summed E-state index contributed by atoms with van der Waals surface area (Å²) in [6, 6.07) is 0. The van der Waals surface area contributed by atoms with Gasteiger partial charge in [0.05, 0.1) is 18.4 Å². The van der Waals surface area contributed by atoms with Crippen LogP contribution in [0.1, 0.15) is 46.0 Å². The Labute approximate surface area is 184 Å². The number of esters is 1. The second kappa shape index (κ2) is 9.78. The summed E-state index contributed by atoms with van der Waals surface area (Å²) in [6.45, 7) is 3.84. The maximum atomic E-state index is 13.5. The fourth-order valence-electron chi connectivity index (χ4n) is 4.82. The smallest absolute Gasteiger partial charge is 0.393 e. The van der Waals surface area contributed by atoms with Gasteiger partial charge in [0.25, 0.3) is 5.91 Å². The van der Waals surface area contributed by atoms with Gasteiger partial charge >= 0.3 is 12.1 Å². The molecule has 2 amide bonds. The van der Waals surface area contributed by atoms with E-state index in [2.05, 4.69) is 10.8 Å². The predicted molar refractivity (Wildman–Crippen MR) is 105 cm³/mol. The fraction of sp³-hybridized carbons (Fsp3) is 0.762. The molecule has 0 aromatic rings. The van der Waals surface area contributed by atoms with Gasteiger partial charge in [-0.3, -0.25) is 19.2 Å². The van der Waals surface area contributed by atoms with E-state index in [1.165, 1.54) is 19.1 Å². The van der Waals surface area contributed by atoms with E-state index < -0.39 is 66.1 Å². The Bertz CT molecular complexity index is 740. The van der Waals surface area contributed by atoms with Crippen molar-refractivity contribution in [2.45, 2.75) is 76.0 Å². The molecule has 3 aliphatic rings.